The van der Waals surface area contributed by atoms with Gasteiger partial charge in [0.15, 0.2) is 0 Å². The Kier molecular flexibility index (Phi) is 4.80. The Morgan fingerprint density at radius 3 is 2.65 bits per heavy atom. The molecular formula is C14H17ClF3NS. The van der Waals surface area contributed by atoms with Gasteiger partial charge in [-0.15, -0.1) is 11.6 Å². The van der Waals surface area contributed by atoms with E-state index in [2.05, 4.69) is 6.92 Å². The van der Waals surface area contributed by atoms with Crippen molar-refractivity contribution in [3.05, 3.63) is 29.3 Å². The van der Waals surface area contributed by atoms with Gasteiger partial charge in [0.2, 0.25) is 0 Å². The molecule has 0 radical (unpaired) electrons. The highest BCUT2D eigenvalue weighted by Gasteiger charge is 2.37. The van der Waals surface area contributed by atoms with E-state index < -0.39 is 11.7 Å². The van der Waals surface area contributed by atoms with E-state index in [0.29, 0.717) is 17.4 Å². The summed E-state index contributed by atoms with van der Waals surface area (Å²) in [6.45, 7) is 4.67. The standard InChI is InChI=1S/C14H17ClF3NS/c1-9-10(2)20-6-5-19(9)13-4-3-11(8-15)7-12(13)14(16,17)18/h3-4,7,9-10H,5-6,8H2,1-2H3. The number of rotatable bonds is 2. The maximum atomic E-state index is 13.3. The number of anilines is 1. The fraction of sp³-hybridized carbons (Fsp3) is 0.571. The first kappa shape index (κ1) is 15.8. The van der Waals surface area contributed by atoms with E-state index in [1.807, 2.05) is 11.8 Å². The number of thioether (sulfide) groups is 1. The van der Waals surface area contributed by atoms with Gasteiger partial charge >= 0.3 is 6.18 Å². The Bertz CT molecular complexity index is 478. The van der Waals surface area contributed by atoms with E-state index in [-0.39, 0.29) is 17.6 Å². The van der Waals surface area contributed by atoms with Crippen LogP contribution < -0.4 is 4.90 Å². The number of alkyl halides is 4. The Hall–Kier alpha value is -0.550. The van der Waals surface area contributed by atoms with Gasteiger partial charge in [-0.25, -0.2) is 0 Å². The summed E-state index contributed by atoms with van der Waals surface area (Å²) in [6.07, 6.45) is -4.36. The van der Waals surface area contributed by atoms with Crippen LogP contribution in [0, 0.1) is 0 Å². The summed E-state index contributed by atoms with van der Waals surface area (Å²) in [4.78, 5) is 1.86. The van der Waals surface area contributed by atoms with Crippen LogP contribution in [0.4, 0.5) is 18.9 Å². The molecule has 1 aromatic carbocycles. The van der Waals surface area contributed by atoms with Gasteiger partial charge in [0.25, 0.3) is 0 Å². The lowest BCUT2D eigenvalue weighted by molar-refractivity contribution is -0.137. The van der Waals surface area contributed by atoms with Crippen LogP contribution in [0.15, 0.2) is 18.2 Å². The van der Waals surface area contributed by atoms with Gasteiger partial charge in [0.05, 0.1) is 5.56 Å². The van der Waals surface area contributed by atoms with Crippen molar-refractivity contribution in [2.75, 3.05) is 17.2 Å². The molecule has 0 N–H and O–H groups in total. The molecule has 112 valence electrons. The molecule has 1 aliphatic heterocycles. The zero-order chi connectivity index (χ0) is 14.9. The van der Waals surface area contributed by atoms with Crippen LogP contribution in [0.3, 0.4) is 0 Å². The molecule has 0 aromatic heterocycles. The van der Waals surface area contributed by atoms with Crippen molar-refractivity contribution in [3.63, 3.8) is 0 Å². The van der Waals surface area contributed by atoms with Crippen LogP contribution >= 0.6 is 23.4 Å². The molecule has 2 unspecified atom stereocenters. The van der Waals surface area contributed by atoms with Crippen LogP contribution in [0.5, 0.6) is 0 Å². The molecule has 20 heavy (non-hydrogen) atoms. The highest BCUT2D eigenvalue weighted by Crippen LogP contribution is 2.40. The van der Waals surface area contributed by atoms with E-state index in [1.54, 1.807) is 23.9 Å². The molecule has 0 saturated carbocycles. The quantitative estimate of drug-likeness (QED) is 0.721. The third-order valence-electron chi connectivity index (χ3n) is 3.71. The second-order valence-electron chi connectivity index (χ2n) is 4.99. The van der Waals surface area contributed by atoms with Crippen LogP contribution in [0.25, 0.3) is 0 Å². The van der Waals surface area contributed by atoms with E-state index in [4.69, 9.17) is 11.6 Å². The molecule has 0 amide bonds. The van der Waals surface area contributed by atoms with Crippen LogP contribution in [0.2, 0.25) is 0 Å². The molecule has 2 rings (SSSR count). The zero-order valence-electron chi connectivity index (χ0n) is 11.4. The Labute approximate surface area is 126 Å². The summed E-state index contributed by atoms with van der Waals surface area (Å²) in [5.74, 6) is 0.936. The van der Waals surface area contributed by atoms with Gasteiger partial charge in [0, 0.05) is 35.2 Å². The van der Waals surface area contributed by atoms with Crippen molar-refractivity contribution in [2.45, 2.75) is 37.2 Å². The molecule has 1 nitrogen and oxygen atoms in total. The van der Waals surface area contributed by atoms with E-state index in [0.717, 1.165) is 5.75 Å². The monoisotopic (exact) mass is 323 g/mol. The SMILES string of the molecule is CC1SCCN(c2ccc(CCl)cc2C(F)(F)F)C1C. The summed E-state index contributed by atoms with van der Waals surface area (Å²) < 4.78 is 39.8. The van der Waals surface area contributed by atoms with Crippen molar-refractivity contribution in [1.82, 2.24) is 0 Å². The summed E-state index contributed by atoms with van der Waals surface area (Å²) in [5.41, 5.74) is 0.183. The van der Waals surface area contributed by atoms with Gasteiger partial charge in [-0.2, -0.15) is 24.9 Å². The first-order valence-electron chi connectivity index (χ1n) is 6.49. The van der Waals surface area contributed by atoms with Crippen molar-refractivity contribution >= 4 is 29.1 Å². The molecule has 6 heteroatoms. The van der Waals surface area contributed by atoms with Gasteiger partial charge in [-0.3, -0.25) is 0 Å². The van der Waals surface area contributed by atoms with Gasteiger partial charge in [-0.05, 0) is 24.6 Å². The predicted molar refractivity (Wildman–Crippen MR) is 79.7 cm³/mol. The fourth-order valence-electron chi connectivity index (χ4n) is 2.42. The zero-order valence-corrected chi connectivity index (χ0v) is 12.9. The maximum Gasteiger partial charge on any atom is 0.418 e. The lowest BCUT2D eigenvalue weighted by Gasteiger charge is -2.40. The minimum absolute atomic E-state index is 0.0803. The number of nitrogens with zero attached hydrogens (tertiary/aromatic N) is 1. The molecule has 0 spiro atoms. The molecule has 1 heterocycles. The summed E-state index contributed by atoms with van der Waals surface area (Å²) in [6, 6.07) is 4.48. The number of hydrogen-bond donors (Lipinski definition) is 0. The number of benzene rings is 1. The van der Waals surface area contributed by atoms with E-state index in [9.17, 15) is 13.2 Å². The van der Waals surface area contributed by atoms with Crippen LogP contribution in [0.1, 0.15) is 25.0 Å². The van der Waals surface area contributed by atoms with Gasteiger partial charge in [-0.1, -0.05) is 13.0 Å². The second kappa shape index (κ2) is 6.06. The summed E-state index contributed by atoms with van der Waals surface area (Å²) >= 11 is 7.46. The predicted octanol–water partition coefficient (Wildman–Crippen LogP) is 4.77. The Morgan fingerprint density at radius 2 is 2.05 bits per heavy atom. The highest BCUT2D eigenvalue weighted by molar-refractivity contribution is 8.00. The molecule has 2 atom stereocenters. The normalized spacial score (nSPS) is 24.0. The summed E-state index contributed by atoms with van der Waals surface area (Å²) in [5, 5.41) is 0.317. The second-order valence-corrected chi connectivity index (χ2v) is 6.75. The van der Waals surface area contributed by atoms with Crippen LogP contribution in [-0.2, 0) is 12.1 Å². The van der Waals surface area contributed by atoms with Gasteiger partial charge in [0.1, 0.15) is 0 Å². The van der Waals surface area contributed by atoms with Crippen molar-refractivity contribution in [2.24, 2.45) is 0 Å². The lowest BCUT2D eigenvalue weighted by Crippen LogP contribution is -2.45. The minimum Gasteiger partial charge on any atom is -0.366 e. The molecule has 1 aliphatic rings. The average Bonchev–Trinajstić information content (AvgIpc) is 2.40. The third-order valence-corrected chi connectivity index (χ3v) is 5.36. The van der Waals surface area contributed by atoms with Crippen molar-refractivity contribution < 1.29 is 13.2 Å². The van der Waals surface area contributed by atoms with Crippen LogP contribution in [-0.4, -0.2) is 23.6 Å². The third kappa shape index (κ3) is 3.19. The lowest BCUT2D eigenvalue weighted by atomic mass is 10.1. The molecule has 1 saturated heterocycles. The summed E-state index contributed by atoms with van der Waals surface area (Å²) in [7, 11) is 0. The number of halogens is 4. The maximum absolute atomic E-state index is 13.3. The fourth-order valence-corrected chi connectivity index (χ4v) is 3.68. The smallest absolute Gasteiger partial charge is 0.366 e. The first-order valence-corrected chi connectivity index (χ1v) is 8.07. The molecular weight excluding hydrogens is 307 g/mol. The largest absolute Gasteiger partial charge is 0.418 e. The van der Waals surface area contributed by atoms with E-state index in [1.165, 1.54) is 6.07 Å². The Balaban J connectivity index is 2.45. The highest BCUT2D eigenvalue weighted by atomic mass is 35.5. The topological polar surface area (TPSA) is 3.24 Å². The molecule has 0 aliphatic carbocycles. The minimum atomic E-state index is -4.36. The molecule has 1 fully saturated rings. The number of hydrogen-bond acceptors (Lipinski definition) is 2. The van der Waals surface area contributed by atoms with Crippen molar-refractivity contribution in [3.8, 4) is 0 Å². The Morgan fingerprint density at radius 1 is 1.35 bits per heavy atom. The molecule has 1 aromatic rings. The molecule has 0 bridgehead atoms. The first-order chi connectivity index (χ1) is 9.34. The van der Waals surface area contributed by atoms with Gasteiger partial charge < -0.3 is 4.90 Å². The van der Waals surface area contributed by atoms with Crippen molar-refractivity contribution in [1.29, 1.82) is 0 Å². The average molecular weight is 324 g/mol. The van der Waals surface area contributed by atoms with E-state index >= 15 is 0 Å².